The summed E-state index contributed by atoms with van der Waals surface area (Å²) in [6.45, 7) is 14.2. The van der Waals surface area contributed by atoms with Crippen LogP contribution in [0.25, 0.3) is 0 Å². The molecule has 3 N–H and O–H groups in total. The van der Waals surface area contributed by atoms with E-state index in [2.05, 4.69) is 62.7 Å². The number of nitrogens with zero attached hydrogens (tertiary/aromatic N) is 1. The van der Waals surface area contributed by atoms with Gasteiger partial charge in [0.05, 0.1) is 6.61 Å². The smallest absolute Gasteiger partial charge is 0.106 e. The molecule has 0 spiro atoms. The summed E-state index contributed by atoms with van der Waals surface area (Å²) in [6.07, 6.45) is 11.6. The number of halogens is 1. The molecular weight excluding hydrogens is 402 g/mol. The van der Waals surface area contributed by atoms with Gasteiger partial charge in [0.25, 0.3) is 0 Å². The SMILES string of the molecule is CC.CC.CC1=C\C(Br)=C/NC(N2CCNCC2)C2=C(CC=C2)/C(CO)=C\1. The van der Waals surface area contributed by atoms with E-state index in [1.54, 1.807) is 0 Å². The summed E-state index contributed by atoms with van der Waals surface area (Å²) < 4.78 is 1.01. The Morgan fingerprint density at radius 1 is 1.15 bits per heavy atom. The normalized spacial score (nSPS) is 28.6. The zero-order chi connectivity index (χ0) is 20.2. The Bertz CT molecular complexity index is 611. The van der Waals surface area contributed by atoms with E-state index >= 15 is 0 Å². The highest BCUT2D eigenvalue weighted by Gasteiger charge is 2.27. The minimum atomic E-state index is 0.0707. The largest absolute Gasteiger partial charge is 0.392 e. The lowest BCUT2D eigenvalue weighted by molar-refractivity contribution is 0.182. The van der Waals surface area contributed by atoms with Gasteiger partial charge < -0.3 is 15.7 Å². The Hall–Kier alpha value is -1.14. The number of piperazine rings is 1. The van der Waals surface area contributed by atoms with E-state index in [-0.39, 0.29) is 12.8 Å². The first kappa shape index (κ1) is 23.9. The maximum atomic E-state index is 9.87. The number of allylic oxidation sites excluding steroid dienone is 5. The molecule has 2 aliphatic heterocycles. The van der Waals surface area contributed by atoms with Gasteiger partial charge in [0, 0.05) is 36.9 Å². The van der Waals surface area contributed by atoms with Crippen molar-refractivity contribution in [2.24, 2.45) is 0 Å². The Balaban J connectivity index is 0.000000855. The van der Waals surface area contributed by atoms with Crippen LogP contribution in [0.1, 0.15) is 41.0 Å². The van der Waals surface area contributed by atoms with E-state index in [1.165, 1.54) is 11.1 Å². The van der Waals surface area contributed by atoms with Gasteiger partial charge in [0.2, 0.25) is 0 Å². The zero-order valence-corrected chi connectivity index (χ0v) is 19.1. The van der Waals surface area contributed by atoms with Gasteiger partial charge in [-0.1, -0.05) is 45.9 Å². The highest BCUT2D eigenvalue weighted by Crippen LogP contribution is 2.31. The first-order chi connectivity index (χ1) is 13.2. The number of hydrogen-bond donors (Lipinski definition) is 3. The molecule has 152 valence electrons. The summed E-state index contributed by atoms with van der Waals surface area (Å²) in [5, 5.41) is 16.9. The first-order valence-corrected chi connectivity index (χ1v) is 10.9. The van der Waals surface area contributed by atoms with Crippen LogP contribution in [0.5, 0.6) is 0 Å². The van der Waals surface area contributed by atoms with Crippen molar-refractivity contribution in [2.45, 2.75) is 47.2 Å². The fourth-order valence-electron chi connectivity index (χ4n) is 3.39. The molecule has 0 aromatic carbocycles. The second-order valence-corrected chi connectivity index (χ2v) is 7.06. The molecule has 0 aromatic rings. The lowest BCUT2D eigenvalue weighted by atomic mass is 9.97. The maximum absolute atomic E-state index is 9.87. The number of rotatable bonds is 2. The Morgan fingerprint density at radius 3 is 2.44 bits per heavy atom. The van der Waals surface area contributed by atoms with Gasteiger partial charge in [-0.2, -0.15) is 0 Å². The molecule has 1 aliphatic carbocycles. The fraction of sp³-hybridized carbons (Fsp3) is 0.545. The van der Waals surface area contributed by atoms with Crippen molar-refractivity contribution in [1.29, 1.82) is 0 Å². The molecule has 4 nitrogen and oxygen atoms in total. The van der Waals surface area contributed by atoms with E-state index in [1.807, 2.05) is 33.9 Å². The van der Waals surface area contributed by atoms with Gasteiger partial charge in [-0.05, 0) is 57.6 Å². The molecule has 3 rings (SSSR count). The topological polar surface area (TPSA) is 47.5 Å². The van der Waals surface area contributed by atoms with Gasteiger partial charge >= 0.3 is 0 Å². The number of hydrogen-bond acceptors (Lipinski definition) is 4. The van der Waals surface area contributed by atoms with E-state index in [0.29, 0.717) is 0 Å². The lowest BCUT2D eigenvalue weighted by Gasteiger charge is -2.36. The van der Waals surface area contributed by atoms with Crippen molar-refractivity contribution in [3.8, 4) is 0 Å². The summed E-state index contributed by atoms with van der Waals surface area (Å²) in [5.41, 5.74) is 4.67. The molecule has 0 aromatic heterocycles. The third kappa shape index (κ3) is 6.75. The summed E-state index contributed by atoms with van der Waals surface area (Å²) >= 11 is 3.61. The van der Waals surface area contributed by atoms with Crippen LogP contribution in [0.3, 0.4) is 0 Å². The molecule has 0 amide bonds. The third-order valence-electron chi connectivity index (χ3n) is 4.48. The zero-order valence-electron chi connectivity index (χ0n) is 17.5. The standard InChI is InChI=1S/C18H24BrN3O.2C2H6/c1-13-9-14(12-23)16-3-2-4-17(16)18(21-11-15(19)10-13)22-7-5-20-6-8-22;2*1-2/h2,4,9-11,18,20-21,23H,3,5-8,12H2,1H3;2*1-2H3/b13-10+,14-9-,15-11+;;. The van der Waals surface area contributed by atoms with Crippen molar-refractivity contribution in [3.05, 3.63) is 57.3 Å². The molecule has 1 unspecified atom stereocenters. The van der Waals surface area contributed by atoms with Crippen LogP contribution in [0.2, 0.25) is 0 Å². The number of nitrogens with one attached hydrogen (secondary N) is 2. The van der Waals surface area contributed by atoms with Crippen LogP contribution < -0.4 is 10.6 Å². The van der Waals surface area contributed by atoms with Crippen LogP contribution in [0.15, 0.2) is 57.3 Å². The van der Waals surface area contributed by atoms with Crippen molar-refractivity contribution >= 4 is 15.9 Å². The van der Waals surface area contributed by atoms with Crippen LogP contribution in [-0.2, 0) is 0 Å². The lowest BCUT2D eigenvalue weighted by Crippen LogP contribution is -2.53. The molecule has 27 heavy (non-hydrogen) atoms. The molecule has 1 saturated heterocycles. The molecule has 1 atom stereocenters. The molecule has 3 aliphatic rings. The Morgan fingerprint density at radius 2 is 1.81 bits per heavy atom. The van der Waals surface area contributed by atoms with E-state index in [0.717, 1.165) is 48.2 Å². The fourth-order valence-corrected chi connectivity index (χ4v) is 3.88. The predicted molar refractivity (Wildman–Crippen MR) is 121 cm³/mol. The molecule has 1 fully saturated rings. The highest BCUT2D eigenvalue weighted by molar-refractivity contribution is 9.11. The minimum absolute atomic E-state index is 0.0707. The van der Waals surface area contributed by atoms with Crippen molar-refractivity contribution in [2.75, 3.05) is 32.8 Å². The molecule has 0 bridgehead atoms. The second kappa shape index (κ2) is 13.1. The van der Waals surface area contributed by atoms with Gasteiger partial charge in [-0.3, -0.25) is 4.90 Å². The monoisotopic (exact) mass is 437 g/mol. The molecule has 5 heteroatoms. The van der Waals surface area contributed by atoms with Crippen molar-refractivity contribution in [3.63, 3.8) is 0 Å². The molecular formula is C22H36BrN3O. The minimum Gasteiger partial charge on any atom is -0.392 e. The quantitative estimate of drug-likeness (QED) is 0.604. The van der Waals surface area contributed by atoms with Crippen molar-refractivity contribution < 1.29 is 5.11 Å². The predicted octanol–water partition coefficient (Wildman–Crippen LogP) is 4.23. The number of aliphatic hydroxyl groups excluding tert-OH is 1. The summed E-state index contributed by atoms with van der Waals surface area (Å²) in [4.78, 5) is 2.46. The van der Waals surface area contributed by atoms with Crippen LogP contribution >= 0.6 is 15.9 Å². The van der Waals surface area contributed by atoms with E-state index in [4.69, 9.17) is 0 Å². The average molecular weight is 438 g/mol. The van der Waals surface area contributed by atoms with Crippen LogP contribution in [0, 0.1) is 0 Å². The number of aliphatic hydroxyl groups is 1. The summed E-state index contributed by atoms with van der Waals surface area (Å²) in [6, 6.07) is 0. The van der Waals surface area contributed by atoms with Gasteiger partial charge in [0.15, 0.2) is 0 Å². The van der Waals surface area contributed by atoms with Gasteiger partial charge in [0.1, 0.15) is 6.17 Å². The van der Waals surface area contributed by atoms with Crippen LogP contribution in [0.4, 0.5) is 0 Å². The van der Waals surface area contributed by atoms with Crippen molar-refractivity contribution in [1.82, 2.24) is 15.5 Å². The van der Waals surface area contributed by atoms with E-state index in [9.17, 15) is 5.11 Å². The van der Waals surface area contributed by atoms with Gasteiger partial charge in [-0.25, -0.2) is 0 Å². The molecule has 2 heterocycles. The third-order valence-corrected chi connectivity index (χ3v) is 4.94. The van der Waals surface area contributed by atoms with Gasteiger partial charge in [-0.15, -0.1) is 0 Å². The highest BCUT2D eigenvalue weighted by atomic mass is 79.9. The molecule has 0 radical (unpaired) electrons. The summed E-state index contributed by atoms with van der Waals surface area (Å²) in [5.74, 6) is 0. The Labute approximate surface area is 173 Å². The average Bonchev–Trinajstić information content (AvgIpc) is 3.19. The summed E-state index contributed by atoms with van der Waals surface area (Å²) in [7, 11) is 0. The Kier molecular flexibility index (Phi) is 11.6. The second-order valence-electron chi connectivity index (χ2n) is 6.14. The van der Waals surface area contributed by atoms with Crippen LogP contribution in [-0.4, -0.2) is 49.0 Å². The first-order valence-electron chi connectivity index (χ1n) is 10.1. The maximum Gasteiger partial charge on any atom is 0.106 e. The van der Waals surface area contributed by atoms with E-state index < -0.39 is 0 Å². The molecule has 0 saturated carbocycles.